The number of hydrogen-bond acceptors (Lipinski definition) is 3. The van der Waals surface area contributed by atoms with Crippen LogP contribution in [0.3, 0.4) is 0 Å². The smallest absolute Gasteiger partial charge is 0.0979 e. The second-order valence-electron chi connectivity index (χ2n) is 4.94. The fraction of sp³-hybridized carbons (Fsp3) is 0.118. The average Bonchev–Trinajstić information content (AvgIpc) is 2.83. The number of nitrogens with zero attached hydrogens (tertiary/aromatic N) is 1. The second kappa shape index (κ2) is 6.00. The van der Waals surface area contributed by atoms with Gasteiger partial charge < -0.3 is 5.73 Å². The number of aromatic nitrogens is 1. The molecule has 0 aliphatic heterocycles. The number of nitrogens with two attached hydrogens (primary N) is 1. The van der Waals surface area contributed by atoms with E-state index in [0.717, 1.165) is 32.8 Å². The number of nitrogen functional groups attached to an aromatic ring is 1. The largest absolute Gasteiger partial charge is 0.399 e. The van der Waals surface area contributed by atoms with Crippen molar-refractivity contribution in [3.8, 4) is 11.3 Å². The molecule has 0 saturated carbocycles. The molecule has 0 atom stereocenters. The second-order valence-corrected chi connectivity index (χ2v) is 7.14. The predicted octanol–water partition coefficient (Wildman–Crippen LogP) is 5.05. The van der Waals surface area contributed by atoms with Gasteiger partial charge in [0.15, 0.2) is 0 Å². The number of benzene rings is 2. The van der Waals surface area contributed by atoms with Gasteiger partial charge in [0.1, 0.15) is 0 Å². The summed E-state index contributed by atoms with van der Waals surface area (Å²) in [5.74, 6) is 0. The van der Waals surface area contributed by atoms with Crippen LogP contribution in [-0.4, -0.2) is 4.98 Å². The highest BCUT2D eigenvalue weighted by molar-refractivity contribution is 9.10. The molecule has 0 aliphatic rings. The quantitative estimate of drug-likeness (QED) is 0.665. The summed E-state index contributed by atoms with van der Waals surface area (Å²) in [6, 6.07) is 16.3. The third kappa shape index (κ3) is 3.34. The van der Waals surface area contributed by atoms with E-state index in [4.69, 9.17) is 10.7 Å². The van der Waals surface area contributed by atoms with Crippen LogP contribution in [0.25, 0.3) is 11.3 Å². The van der Waals surface area contributed by atoms with Crippen molar-refractivity contribution < 1.29 is 0 Å². The van der Waals surface area contributed by atoms with Crippen molar-refractivity contribution >= 4 is 33.0 Å². The minimum absolute atomic E-state index is 0.796. The minimum Gasteiger partial charge on any atom is -0.399 e. The maximum Gasteiger partial charge on any atom is 0.0979 e. The fourth-order valence-electron chi connectivity index (χ4n) is 2.21. The van der Waals surface area contributed by atoms with Gasteiger partial charge in [-0.1, -0.05) is 40.2 Å². The molecule has 0 bridgehead atoms. The van der Waals surface area contributed by atoms with Crippen LogP contribution in [0.2, 0.25) is 0 Å². The van der Waals surface area contributed by atoms with E-state index in [1.807, 2.05) is 24.3 Å². The lowest BCUT2D eigenvalue weighted by atomic mass is 10.1. The van der Waals surface area contributed by atoms with Crippen LogP contribution in [0, 0.1) is 6.92 Å². The first kappa shape index (κ1) is 14.3. The standard InChI is InChI=1S/C17H15BrN2S/c1-11-17(13-4-6-14(18)7-5-13)20-16(21-11)10-12-2-8-15(19)9-3-12/h2-9H,10,19H2,1H3. The fourth-order valence-corrected chi connectivity index (χ4v) is 3.47. The summed E-state index contributed by atoms with van der Waals surface area (Å²) in [7, 11) is 0. The summed E-state index contributed by atoms with van der Waals surface area (Å²) in [6.45, 7) is 2.13. The number of rotatable bonds is 3. The summed E-state index contributed by atoms with van der Waals surface area (Å²) < 4.78 is 1.08. The Morgan fingerprint density at radius 2 is 1.71 bits per heavy atom. The number of thiazole rings is 1. The molecule has 0 aliphatic carbocycles. The molecule has 2 nitrogen and oxygen atoms in total. The van der Waals surface area contributed by atoms with Gasteiger partial charge in [0.2, 0.25) is 0 Å². The van der Waals surface area contributed by atoms with E-state index in [1.165, 1.54) is 10.4 Å². The van der Waals surface area contributed by atoms with E-state index in [0.29, 0.717) is 0 Å². The summed E-state index contributed by atoms with van der Waals surface area (Å²) >= 11 is 5.22. The summed E-state index contributed by atoms with van der Waals surface area (Å²) in [5.41, 5.74) is 10.00. The van der Waals surface area contributed by atoms with Gasteiger partial charge in [-0.2, -0.15) is 0 Å². The first-order valence-corrected chi connectivity index (χ1v) is 8.29. The number of anilines is 1. The first-order chi connectivity index (χ1) is 10.1. The van der Waals surface area contributed by atoms with E-state index in [9.17, 15) is 0 Å². The molecular formula is C17H15BrN2S. The molecule has 106 valence electrons. The van der Waals surface area contributed by atoms with Crippen LogP contribution >= 0.6 is 27.3 Å². The third-order valence-electron chi connectivity index (χ3n) is 3.29. The van der Waals surface area contributed by atoms with Gasteiger partial charge in [-0.15, -0.1) is 11.3 Å². The van der Waals surface area contributed by atoms with Gasteiger partial charge in [0.05, 0.1) is 10.7 Å². The number of halogens is 1. The van der Waals surface area contributed by atoms with Crippen LogP contribution in [0.5, 0.6) is 0 Å². The molecule has 0 radical (unpaired) electrons. The van der Waals surface area contributed by atoms with Crippen LogP contribution in [0.1, 0.15) is 15.4 Å². The van der Waals surface area contributed by atoms with Crippen molar-refractivity contribution in [1.82, 2.24) is 4.98 Å². The Labute approximate surface area is 136 Å². The van der Waals surface area contributed by atoms with Crippen molar-refractivity contribution in [3.05, 3.63) is 68.5 Å². The van der Waals surface area contributed by atoms with E-state index in [2.05, 4.69) is 47.1 Å². The van der Waals surface area contributed by atoms with Crippen molar-refractivity contribution in [2.75, 3.05) is 5.73 Å². The van der Waals surface area contributed by atoms with Crippen molar-refractivity contribution in [3.63, 3.8) is 0 Å². The van der Waals surface area contributed by atoms with Gasteiger partial charge >= 0.3 is 0 Å². The van der Waals surface area contributed by atoms with Crippen LogP contribution < -0.4 is 5.73 Å². The Hall–Kier alpha value is -1.65. The van der Waals surface area contributed by atoms with Crippen molar-refractivity contribution in [2.24, 2.45) is 0 Å². The van der Waals surface area contributed by atoms with Gasteiger partial charge in [0.25, 0.3) is 0 Å². The SMILES string of the molecule is Cc1sc(Cc2ccc(N)cc2)nc1-c1ccc(Br)cc1. The van der Waals surface area contributed by atoms with Crippen LogP contribution in [0.4, 0.5) is 5.69 Å². The zero-order chi connectivity index (χ0) is 14.8. The Morgan fingerprint density at radius 1 is 1.05 bits per heavy atom. The molecule has 3 rings (SSSR count). The lowest BCUT2D eigenvalue weighted by molar-refractivity contribution is 1.14. The molecule has 4 heteroatoms. The summed E-state index contributed by atoms with van der Waals surface area (Å²) in [5, 5.41) is 1.13. The molecule has 1 heterocycles. The van der Waals surface area contributed by atoms with E-state index >= 15 is 0 Å². The molecule has 21 heavy (non-hydrogen) atoms. The Morgan fingerprint density at radius 3 is 2.38 bits per heavy atom. The zero-order valence-corrected chi connectivity index (χ0v) is 14.0. The Kier molecular flexibility index (Phi) is 4.08. The van der Waals surface area contributed by atoms with Crippen molar-refractivity contribution in [1.29, 1.82) is 0 Å². The van der Waals surface area contributed by atoms with Gasteiger partial charge in [-0.25, -0.2) is 4.98 Å². The molecule has 3 aromatic rings. The lowest BCUT2D eigenvalue weighted by Gasteiger charge is -1.99. The average molecular weight is 359 g/mol. The molecule has 0 amide bonds. The highest BCUT2D eigenvalue weighted by Gasteiger charge is 2.10. The summed E-state index contributed by atoms with van der Waals surface area (Å²) in [4.78, 5) is 6.05. The van der Waals surface area contributed by atoms with Crippen LogP contribution in [0.15, 0.2) is 53.0 Å². The molecule has 0 spiro atoms. The van der Waals surface area contributed by atoms with Gasteiger partial charge in [0, 0.05) is 27.0 Å². The molecule has 0 saturated heterocycles. The van der Waals surface area contributed by atoms with E-state index in [1.54, 1.807) is 11.3 Å². The third-order valence-corrected chi connectivity index (χ3v) is 4.79. The normalized spacial score (nSPS) is 10.8. The van der Waals surface area contributed by atoms with Gasteiger partial charge in [-0.3, -0.25) is 0 Å². The highest BCUT2D eigenvalue weighted by Crippen LogP contribution is 2.29. The van der Waals surface area contributed by atoms with Crippen LogP contribution in [-0.2, 0) is 6.42 Å². The maximum absolute atomic E-state index is 5.72. The first-order valence-electron chi connectivity index (χ1n) is 6.68. The highest BCUT2D eigenvalue weighted by atomic mass is 79.9. The van der Waals surface area contributed by atoms with E-state index in [-0.39, 0.29) is 0 Å². The molecule has 0 unspecified atom stereocenters. The summed E-state index contributed by atoms with van der Waals surface area (Å²) in [6.07, 6.45) is 0.850. The minimum atomic E-state index is 0.796. The number of aryl methyl sites for hydroxylation is 1. The Bertz CT molecular complexity index is 745. The maximum atomic E-state index is 5.72. The molecule has 0 fully saturated rings. The molecular weight excluding hydrogens is 344 g/mol. The monoisotopic (exact) mass is 358 g/mol. The molecule has 2 aromatic carbocycles. The lowest BCUT2D eigenvalue weighted by Crippen LogP contribution is -1.89. The van der Waals surface area contributed by atoms with Crippen molar-refractivity contribution in [2.45, 2.75) is 13.3 Å². The molecule has 2 N–H and O–H groups in total. The van der Waals surface area contributed by atoms with E-state index < -0.39 is 0 Å². The Balaban J connectivity index is 1.87. The predicted molar refractivity (Wildman–Crippen MR) is 93.6 cm³/mol. The topological polar surface area (TPSA) is 38.9 Å². The number of hydrogen-bond donors (Lipinski definition) is 1. The zero-order valence-electron chi connectivity index (χ0n) is 11.6. The molecule has 1 aromatic heterocycles. The van der Waals surface area contributed by atoms with Gasteiger partial charge in [-0.05, 0) is 36.8 Å².